The molecule has 1 aliphatic carbocycles. The maximum absolute atomic E-state index is 12.8. The monoisotopic (exact) mass is 449 g/mol. The zero-order valence-corrected chi connectivity index (χ0v) is 17.8. The first-order valence-electron chi connectivity index (χ1n) is 10.6. The maximum atomic E-state index is 12.8. The van der Waals surface area contributed by atoms with Crippen molar-refractivity contribution >= 4 is 11.6 Å². The zero-order valence-electron chi connectivity index (χ0n) is 17.8. The molecule has 0 atom stereocenters. The average Bonchev–Trinajstić information content (AvgIpc) is 3.65. The maximum Gasteiger partial charge on any atom is 0.416 e. The van der Waals surface area contributed by atoms with Crippen molar-refractivity contribution in [1.29, 1.82) is 5.26 Å². The van der Waals surface area contributed by atoms with Gasteiger partial charge in [-0.2, -0.15) is 18.4 Å². The summed E-state index contributed by atoms with van der Waals surface area (Å²) >= 11 is 0. The summed E-state index contributed by atoms with van der Waals surface area (Å²) in [6.45, 7) is 1.15. The van der Waals surface area contributed by atoms with Crippen LogP contribution in [0.5, 0.6) is 0 Å². The van der Waals surface area contributed by atoms with Gasteiger partial charge < -0.3 is 5.32 Å². The number of nitriles is 1. The van der Waals surface area contributed by atoms with Crippen molar-refractivity contribution in [3.05, 3.63) is 101 Å². The van der Waals surface area contributed by atoms with Crippen LogP contribution in [0.25, 0.3) is 0 Å². The molecular weight excluding hydrogens is 427 g/mol. The molecule has 1 aliphatic rings. The molecule has 168 valence electrons. The van der Waals surface area contributed by atoms with Crippen LogP contribution in [0.15, 0.2) is 72.8 Å². The van der Waals surface area contributed by atoms with Crippen LogP contribution in [0.2, 0.25) is 0 Å². The predicted octanol–water partition coefficient (Wildman–Crippen LogP) is 5.99. The fourth-order valence-electron chi connectivity index (χ4n) is 3.66. The normalized spacial score (nSPS) is 13.5. The van der Waals surface area contributed by atoms with E-state index >= 15 is 0 Å². The van der Waals surface area contributed by atoms with Crippen molar-refractivity contribution in [2.75, 3.05) is 5.32 Å². The van der Waals surface area contributed by atoms with Crippen LogP contribution in [0.3, 0.4) is 0 Å². The third-order valence-corrected chi connectivity index (χ3v) is 5.58. The van der Waals surface area contributed by atoms with Gasteiger partial charge in [0, 0.05) is 30.4 Å². The van der Waals surface area contributed by atoms with Gasteiger partial charge in [0.05, 0.1) is 17.2 Å². The highest BCUT2D eigenvalue weighted by molar-refractivity contribution is 6.04. The van der Waals surface area contributed by atoms with Crippen molar-refractivity contribution in [3.8, 4) is 6.07 Å². The molecule has 1 amide bonds. The second-order valence-corrected chi connectivity index (χ2v) is 8.17. The molecule has 0 heterocycles. The molecule has 0 unspecified atom stereocenters. The summed E-state index contributed by atoms with van der Waals surface area (Å²) in [5.41, 5.74) is 2.77. The molecule has 1 N–H and O–H groups in total. The minimum Gasteiger partial charge on any atom is -0.322 e. The van der Waals surface area contributed by atoms with Crippen molar-refractivity contribution in [2.45, 2.75) is 38.1 Å². The highest BCUT2D eigenvalue weighted by Crippen LogP contribution is 2.32. The van der Waals surface area contributed by atoms with Gasteiger partial charge in [-0.25, -0.2) is 0 Å². The lowest BCUT2D eigenvalue weighted by atomic mass is 10.1. The number of amides is 1. The molecule has 1 saturated carbocycles. The Labute approximate surface area is 190 Å². The number of nitrogens with zero attached hydrogens (tertiary/aromatic N) is 2. The predicted molar refractivity (Wildman–Crippen MR) is 119 cm³/mol. The summed E-state index contributed by atoms with van der Waals surface area (Å²) < 4.78 is 38.5. The van der Waals surface area contributed by atoms with E-state index in [9.17, 15) is 18.0 Å². The molecule has 3 aromatic rings. The van der Waals surface area contributed by atoms with Gasteiger partial charge in [0.15, 0.2) is 0 Å². The van der Waals surface area contributed by atoms with E-state index in [2.05, 4.69) is 10.2 Å². The molecule has 0 aliphatic heterocycles. The molecule has 7 heteroatoms. The van der Waals surface area contributed by atoms with E-state index in [0.717, 1.165) is 36.1 Å². The molecular formula is C26H22F3N3O. The fourth-order valence-corrected chi connectivity index (χ4v) is 3.66. The molecule has 1 fully saturated rings. The van der Waals surface area contributed by atoms with E-state index < -0.39 is 11.7 Å². The van der Waals surface area contributed by atoms with E-state index in [1.54, 1.807) is 30.3 Å². The molecule has 0 spiro atoms. The number of benzene rings is 3. The summed E-state index contributed by atoms with van der Waals surface area (Å²) in [7, 11) is 0. The van der Waals surface area contributed by atoms with Gasteiger partial charge in [-0.05, 0) is 72.5 Å². The van der Waals surface area contributed by atoms with Gasteiger partial charge in [0.25, 0.3) is 5.91 Å². The van der Waals surface area contributed by atoms with E-state index in [4.69, 9.17) is 5.26 Å². The van der Waals surface area contributed by atoms with Crippen LogP contribution < -0.4 is 5.32 Å². The number of anilines is 1. The average molecular weight is 449 g/mol. The molecule has 0 aromatic heterocycles. The van der Waals surface area contributed by atoms with Crippen LogP contribution in [0.4, 0.5) is 18.9 Å². The molecule has 33 heavy (non-hydrogen) atoms. The topological polar surface area (TPSA) is 56.1 Å². The summed E-state index contributed by atoms with van der Waals surface area (Å²) in [5.74, 6) is -0.248. The minimum absolute atomic E-state index is 0.248. The van der Waals surface area contributed by atoms with E-state index in [-0.39, 0.29) is 5.91 Å². The smallest absolute Gasteiger partial charge is 0.322 e. The van der Waals surface area contributed by atoms with Crippen LogP contribution in [0.1, 0.15) is 45.5 Å². The third kappa shape index (κ3) is 5.99. The summed E-state index contributed by atoms with van der Waals surface area (Å²) in [4.78, 5) is 14.9. The highest BCUT2D eigenvalue weighted by atomic mass is 19.4. The molecule has 0 bridgehead atoms. The molecule has 3 aromatic carbocycles. The quantitative estimate of drug-likeness (QED) is 0.482. The Balaban J connectivity index is 1.43. The van der Waals surface area contributed by atoms with E-state index in [1.807, 2.05) is 24.3 Å². The van der Waals surface area contributed by atoms with Crippen molar-refractivity contribution in [2.24, 2.45) is 0 Å². The number of nitrogens with one attached hydrogen (secondary N) is 1. The van der Waals surface area contributed by atoms with Crippen molar-refractivity contribution in [3.63, 3.8) is 0 Å². The van der Waals surface area contributed by atoms with Crippen LogP contribution in [0, 0.1) is 11.3 Å². The van der Waals surface area contributed by atoms with Crippen LogP contribution >= 0.6 is 0 Å². The molecule has 4 nitrogen and oxygen atoms in total. The van der Waals surface area contributed by atoms with E-state index in [1.165, 1.54) is 12.1 Å². The van der Waals surface area contributed by atoms with Gasteiger partial charge in [-0.15, -0.1) is 0 Å². The Hall–Kier alpha value is -3.63. The molecule has 0 saturated heterocycles. The fraction of sp³-hybridized carbons (Fsp3) is 0.231. The summed E-state index contributed by atoms with van der Waals surface area (Å²) in [5, 5.41) is 11.7. The SMILES string of the molecule is N#Cc1ccc(NC(=O)c2cccc(CN(Cc3ccc(C(F)(F)F)cc3)C3CC3)c2)cc1. The lowest BCUT2D eigenvalue weighted by Gasteiger charge is -2.23. The number of carbonyl (C=O) groups excluding carboxylic acids is 1. The number of alkyl halides is 3. The Kier molecular flexibility index (Phi) is 6.47. The summed E-state index contributed by atoms with van der Waals surface area (Å²) in [6, 6.07) is 21.7. The number of rotatable bonds is 7. The highest BCUT2D eigenvalue weighted by Gasteiger charge is 2.31. The van der Waals surface area contributed by atoms with Gasteiger partial charge in [-0.1, -0.05) is 24.3 Å². The third-order valence-electron chi connectivity index (χ3n) is 5.58. The largest absolute Gasteiger partial charge is 0.416 e. The number of halogens is 3. The Morgan fingerprint density at radius 1 is 0.970 bits per heavy atom. The Bertz CT molecular complexity index is 1160. The Morgan fingerprint density at radius 2 is 1.64 bits per heavy atom. The molecule has 0 radical (unpaired) electrons. The van der Waals surface area contributed by atoms with Gasteiger partial charge in [0.2, 0.25) is 0 Å². The van der Waals surface area contributed by atoms with Crippen molar-refractivity contribution in [1.82, 2.24) is 4.90 Å². The van der Waals surface area contributed by atoms with Crippen molar-refractivity contribution < 1.29 is 18.0 Å². The second-order valence-electron chi connectivity index (χ2n) is 8.17. The van der Waals surface area contributed by atoms with Gasteiger partial charge in [0.1, 0.15) is 0 Å². The number of hydrogen-bond acceptors (Lipinski definition) is 3. The standard InChI is InChI=1S/C26H22F3N3O/c27-26(28,29)22-8-4-19(5-9-22)16-32(24-12-13-24)17-20-2-1-3-21(14-20)25(33)31-23-10-6-18(15-30)7-11-23/h1-11,14,24H,12-13,16-17H2,(H,31,33). The van der Waals surface area contributed by atoms with Crippen LogP contribution in [-0.4, -0.2) is 16.8 Å². The Morgan fingerprint density at radius 3 is 2.24 bits per heavy atom. The first kappa shape index (κ1) is 22.6. The van der Waals surface area contributed by atoms with Gasteiger partial charge >= 0.3 is 6.18 Å². The number of carbonyl (C=O) groups is 1. The molecule has 4 rings (SSSR count). The lowest BCUT2D eigenvalue weighted by Crippen LogP contribution is -2.25. The minimum atomic E-state index is -4.34. The second kappa shape index (κ2) is 9.47. The van der Waals surface area contributed by atoms with E-state index in [0.29, 0.717) is 35.9 Å². The van der Waals surface area contributed by atoms with Crippen LogP contribution in [-0.2, 0) is 19.3 Å². The number of hydrogen-bond donors (Lipinski definition) is 1. The first-order valence-corrected chi connectivity index (χ1v) is 10.6. The zero-order chi connectivity index (χ0) is 23.4. The summed E-state index contributed by atoms with van der Waals surface area (Å²) in [6.07, 6.45) is -2.23. The lowest BCUT2D eigenvalue weighted by molar-refractivity contribution is -0.137. The first-order chi connectivity index (χ1) is 15.8. The van der Waals surface area contributed by atoms with Gasteiger partial charge in [-0.3, -0.25) is 9.69 Å².